The zero-order chi connectivity index (χ0) is 17.1. The smallest absolute Gasteiger partial charge is 0.236 e. The zero-order valence-electron chi connectivity index (χ0n) is 13.4. The number of nitrogens with zero attached hydrogens (tertiary/aromatic N) is 3. The van der Waals surface area contributed by atoms with Gasteiger partial charge in [-0.3, -0.25) is 4.79 Å². The van der Waals surface area contributed by atoms with E-state index in [1.54, 1.807) is 29.2 Å². The summed E-state index contributed by atoms with van der Waals surface area (Å²) in [5.74, 6) is 0.528. The lowest BCUT2D eigenvalue weighted by Gasteiger charge is -2.15. The largest absolute Gasteiger partial charge is 0.436 e. The van der Waals surface area contributed by atoms with Crippen molar-refractivity contribution in [3.05, 3.63) is 47.7 Å². The summed E-state index contributed by atoms with van der Waals surface area (Å²) < 4.78 is 19.3. The van der Waals surface area contributed by atoms with Crippen LogP contribution < -0.4 is 10.5 Å². The highest BCUT2D eigenvalue weighted by Gasteiger charge is 2.29. The number of likely N-dealkylation sites (tertiary alicyclic amines) is 1. The Kier molecular flexibility index (Phi) is 4.71. The minimum atomic E-state index is -0.448. The van der Waals surface area contributed by atoms with Gasteiger partial charge in [0.05, 0.1) is 6.54 Å². The van der Waals surface area contributed by atoms with Crippen molar-refractivity contribution in [3.63, 3.8) is 0 Å². The summed E-state index contributed by atoms with van der Waals surface area (Å²) in [5, 5.41) is 0. The molecular weight excluding hydrogens is 311 g/mol. The van der Waals surface area contributed by atoms with Gasteiger partial charge < -0.3 is 15.4 Å². The maximum Gasteiger partial charge on any atom is 0.236 e. The van der Waals surface area contributed by atoms with Gasteiger partial charge >= 0.3 is 0 Å². The third kappa shape index (κ3) is 3.51. The number of ether oxygens (including phenoxy) is 1. The topological polar surface area (TPSA) is 81.3 Å². The Balaban J connectivity index is 1.80. The fourth-order valence-corrected chi connectivity index (χ4v) is 2.76. The monoisotopic (exact) mass is 330 g/mol. The van der Waals surface area contributed by atoms with Crippen LogP contribution in [-0.4, -0.2) is 40.4 Å². The molecule has 1 aromatic carbocycles. The number of hydrogen-bond acceptors (Lipinski definition) is 5. The number of aromatic nitrogens is 2. The van der Waals surface area contributed by atoms with Crippen molar-refractivity contribution < 1.29 is 13.9 Å². The summed E-state index contributed by atoms with van der Waals surface area (Å²) in [5.41, 5.74) is 6.14. The first-order chi connectivity index (χ1) is 11.6. The molecule has 7 heteroatoms. The molecule has 0 aliphatic carbocycles. The molecule has 6 nitrogen and oxygen atoms in total. The first-order valence-electron chi connectivity index (χ1n) is 7.82. The molecule has 1 atom stereocenters. The third-order valence-corrected chi connectivity index (χ3v) is 3.98. The second-order valence-corrected chi connectivity index (χ2v) is 5.77. The van der Waals surface area contributed by atoms with Gasteiger partial charge in [0.15, 0.2) is 11.6 Å². The zero-order valence-corrected chi connectivity index (χ0v) is 13.4. The Hall–Kier alpha value is -2.54. The van der Waals surface area contributed by atoms with Crippen LogP contribution in [0.4, 0.5) is 4.39 Å². The number of hydrogen-bond donors (Lipinski definition) is 1. The van der Waals surface area contributed by atoms with E-state index >= 15 is 0 Å². The molecule has 1 fully saturated rings. The van der Waals surface area contributed by atoms with Crippen LogP contribution in [0.25, 0.3) is 0 Å². The van der Waals surface area contributed by atoms with Gasteiger partial charge in [0.2, 0.25) is 11.8 Å². The maximum absolute atomic E-state index is 13.7. The van der Waals surface area contributed by atoms with Crippen molar-refractivity contribution >= 4 is 5.91 Å². The van der Waals surface area contributed by atoms with Crippen LogP contribution in [0.15, 0.2) is 30.3 Å². The number of halogens is 1. The number of nitrogens with two attached hydrogens (primary N) is 1. The number of aryl methyl sites for hydroxylation is 1. The molecule has 24 heavy (non-hydrogen) atoms. The number of benzene rings is 1. The molecule has 1 saturated heterocycles. The van der Waals surface area contributed by atoms with Crippen molar-refractivity contribution in [1.82, 2.24) is 14.9 Å². The van der Waals surface area contributed by atoms with E-state index in [0.717, 1.165) is 12.1 Å². The van der Waals surface area contributed by atoms with Gasteiger partial charge in [0, 0.05) is 30.8 Å². The SMILES string of the molecule is Cc1cc(Oc2ccccc2F)nc(C2CCN(C(=O)CN)C2)n1. The minimum absolute atomic E-state index is 0.00302. The molecular formula is C17H19FN4O2. The molecule has 1 unspecified atom stereocenters. The van der Waals surface area contributed by atoms with Gasteiger partial charge in [-0.25, -0.2) is 9.37 Å². The fourth-order valence-electron chi connectivity index (χ4n) is 2.76. The third-order valence-electron chi connectivity index (χ3n) is 3.98. The summed E-state index contributed by atoms with van der Waals surface area (Å²) in [4.78, 5) is 22.3. The van der Waals surface area contributed by atoms with Crippen LogP contribution in [0.1, 0.15) is 23.9 Å². The highest BCUT2D eigenvalue weighted by Crippen LogP contribution is 2.28. The summed E-state index contributed by atoms with van der Waals surface area (Å²) in [6.07, 6.45) is 0.772. The van der Waals surface area contributed by atoms with Crippen molar-refractivity contribution in [2.45, 2.75) is 19.3 Å². The van der Waals surface area contributed by atoms with Gasteiger partial charge in [0.25, 0.3) is 0 Å². The van der Waals surface area contributed by atoms with E-state index in [0.29, 0.717) is 24.8 Å². The minimum Gasteiger partial charge on any atom is -0.436 e. The predicted octanol–water partition coefficient (Wildman–Crippen LogP) is 1.99. The molecule has 2 heterocycles. The number of carbonyl (C=O) groups excluding carboxylic acids is 1. The Morgan fingerprint density at radius 3 is 2.96 bits per heavy atom. The van der Waals surface area contributed by atoms with Crippen molar-refractivity contribution in [2.75, 3.05) is 19.6 Å². The highest BCUT2D eigenvalue weighted by molar-refractivity contribution is 5.78. The van der Waals surface area contributed by atoms with Crippen molar-refractivity contribution in [1.29, 1.82) is 0 Å². The quantitative estimate of drug-likeness (QED) is 0.927. The predicted molar refractivity (Wildman–Crippen MR) is 86.2 cm³/mol. The van der Waals surface area contributed by atoms with Crippen LogP contribution >= 0.6 is 0 Å². The maximum atomic E-state index is 13.7. The fraction of sp³-hybridized carbons (Fsp3) is 0.353. The van der Waals surface area contributed by atoms with Crippen LogP contribution in [0, 0.1) is 12.7 Å². The molecule has 126 valence electrons. The second kappa shape index (κ2) is 6.92. The average molecular weight is 330 g/mol. The average Bonchev–Trinajstić information content (AvgIpc) is 3.06. The number of para-hydroxylation sites is 1. The Morgan fingerprint density at radius 2 is 2.21 bits per heavy atom. The second-order valence-electron chi connectivity index (χ2n) is 5.77. The number of rotatable bonds is 4. The number of carbonyl (C=O) groups is 1. The van der Waals surface area contributed by atoms with Gasteiger partial charge in [-0.1, -0.05) is 12.1 Å². The molecule has 1 amide bonds. The van der Waals surface area contributed by atoms with E-state index < -0.39 is 5.82 Å². The molecule has 0 spiro atoms. The summed E-state index contributed by atoms with van der Waals surface area (Å²) in [7, 11) is 0. The van der Waals surface area contributed by atoms with E-state index in [4.69, 9.17) is 10.5 Å². The van der Waals surface area contributed by atoms with Gasteiger partial charge in [-0.15, -0.1) is 0 Å². The first-order valence-corrected chi connectivity index (χ1v) is 7.82. The lowest BCUT2D eigenvalue weighted by atomic mass is 10.1. The van der Waals surface area contributed by atoms with Crippen LogP contribution in [0.3, 0.4) is 0 Å². The Labute approximate surface area is 139 Å². The summed E-state index contributed by atoms with van der Waals surface area (Å²) in [6, 6.07) is 7.83. The molecule has 0 saturated carbocycles. The standard InChI is InChI=1S/C17H19FN4O2/c1-11-8-15(24-14-5-3-2-4-13(14)18)21-17(20-11)12-6-7-22(10-12)16(23)9-19/h2-5,8,12H,6-7,9-10,19H2,1H3. The lowest BCUT2D eigenvalue weighted by molar-refractivity contribution is -0.128. The molecule has 0 radical (unpaired) electrons. The van der Waals surface area contributed by atoms with E-state index in [9.17, 15) is 9.18 Å². The molecule has 1 aromatic heterocycles. The highest BCUT2D eigenvalue weighted by atomic mass is 19.1. The van der Waals surface area contributed by atoms with E-state index in [-0.39, 0.29) is 24.1 Å². The molecule has 2 aromatic rings. The number of amides is 1. The van der Waals surface area contributed by atoms with Crippen molar-refractivity contribution in [2.24, 2.45) is 5.73 Å². The van der Waals surface area contributed by atoms with E-state index in [1.807, 2.05) is 6.92 Å². The molecule has 0 bridgehead atoms. The van der Waals surface area contributed by atoms with Crippen LogP contribution in [0.5, 0.6) is 11.6 Å². The van der Waals surface area contributed by atoms with Gasteiger partial charge in [0.1, 0.15) is 5.82 Å². The van der Waals surface area contributed by atoms with E-state index in [1.165, 1.54) is 6.07 Å². The van der Waals surface area contributed by atoms with Crippen LogP contribution in [0.2, 0.25) is 0 Å². The van der Waals surface area contributed by atoms with Gasteiger partial charge in [-0.2, -0.15) is 4.98 Å². The molecule has 2 N–H and O–H groups in total. The first kappa shape index (κ1) is 16.3. The van der Waals surface area contributed by atoms with Crippen LogP contribution in [-0.2, 0) is 4.79 Å². The Morgan fingerprint density at radius 1 is 1.42 bits per heavy atom. The lowest BCUT2D eigenvalue weighted by Crippen LogP contribution is -2.34. The van der Waals surface area contributed by atoms with Crippen molar-refractivity contribution in [3.8, 4) is 11.6 Å². The normalized spacial score (nSPS) is 17.1. The molecule has 3 rings (SSSR count). The summed E-state index contributed by atoms with van der Waals surface area (Å²) in [6.45, 7) is 3.01. The molecule has 1 aliphatic rings. The Bertz CT molecular complexity index is 753. The van der Waals surface area contributed by atoms with E-state index in [2.05, 4.69) is 9.97 Å². The molecule has 1 aliphatic heterocycles. The summed E-state index contributed by atoms with van der Waals surface area (Å²) >= 11 is 0. The van der Waals surface area contributed by atoms with Gasteiger partial charge in [-0.05, 0) is 25.5 Å².